The molecule has 1 unspecified atom stereocenters. The van der Waals surface area contributed by atoms with E-state index in [1.165, 1.54) is 0 Å². The number of hydrogen-bond acceptors (Lipinski definition) is 4. The van der Waals surface area contributed by atoms with E-state index in [1.54, 1.807) is 0 Å². The van der Waals surface area contributed by atoms with Gasteiger partial charge in [0.25, 0.3) is 0 Å². The molecule has 6 heteroatoms. The van der Waals surface area contributed by atoms with Gasteiger partial charge < -0.3 is 14.8 Å². The molecule has 1 aliphatic rings. The molecule has 140 valence electrons. The van der Waals surface area contributed by atoms with Gasteiger partial charge in [-0.15, -0.1) is 0 Å². The van der Waals surface area contributed by atoms with Crippen LogP contribution < -0.4 is 4.90 Å². The smallest absolute Gasteiger partial charge is 0.227 e. The van der Waals surface area contributed by atoms with Gasteiger partial charge in [-0.05, 0) is 37.0 Å². The summed E-state index contributed by atoms with van der Waals surface area (Å²) < 4.78 is 0. The molecule has 6 nitrogen and oxygen atoms in total. The second-order valence-corrected chi connectivity index (χ2v) is 7.34. The summed E-state index contributed by atoms with van der Waals surface area (Å²) in [5.41, 5.74) is 3.19. The highest BCUT2D eigenvalue weighted by molar-refractivity contribution is 5.88. The van der Waals surface area contributed by atoms with Crippen LogP contribution in [0.25, 0.3) is 10.9 Å². The molecule has 0 radical (unpaired) electrons. The zero-order chi connectivity index (χ0) is 18.8. The number of nitrogens with zero attached hydrogens (tertiary/aromatic N) is 4. The number of likely N-dealkylation sites (tertiary alicyclic amines) is 1. The minimum Gasteiger partial charge on any atom is -0.361 e. The molecular formula is C21H25N5O. The molecule has 3 heterocycles. The van der Waals surface area contributed by atoms with Crippen LogP contribution in [-0.4, -0.2) is 51.9 Å². The summed E-state index contributed by atoms with van der Waals surface area (Å²) >= 11 is 0. The van der Waals surface area contributed by atoms with Gasteiger partial charge in [0.05, 0.1) is 6.42 Å². The minimum absolute atomic E-state index is 0.183. The first-order valence-electron chi connectivity index (χ1n) is 9.46. The largest absolute Gasteiger partial charge is 0.361 e. The highest BCUT2D eigenvalue weighted by atomic mass is 16.2. The number of rotatable bonds is 4. The number of benzene rings is 1. The van der Waals surface area contributed by atoms with E-state index in [-0.39, 0.29) is 11.9 Å². The molecule has 0 spiro atoms. The standard InChI is InChI=1S/C21H25N5O/c1-15-11-23-21(24-12-15)25(2)17-6-5-9-26(14-17)20(27)10-16-13-22-19-8-4-3-7-18(16)19/h3-4,7-8,11-13,17,22H,5-6,9-10,14H2,1-2H3. The fraction of sp³-hybridized carbons (Fsp3) is 0.381. The van der Waals surface area contributed by atoms with E-state index in [2.05, 4.69) is 25.9 Å². The quantitative estimate of drug-likeness (QED) is 0.774. The van der Waals surface area contributed by atoms with Gasteiger partial charge >= 0.3 is 0 Å². The van der Waals surface area contributed by atoms with Gasteiger partial charge in [-0.1, -0.05) is 18.2 Å². The number of aromatic amines is 1. The van der Waals surface area contributed by atoms with Crippen molar-refractivity contribution in [3.05, 3.63) is 54.0 Å². The van der Waals surface area contributed by atoms with Crippen molar-refractivity contribution >= 4 is 22.8 Å². The van der Waals surface area contributed by atoms with Crippen molar-refractivity contribution in [1.29, 1.82) is 0 Å². The number of carbonyl (C=O) groups is 1. The van der Waals surface area contributed by atoms with Crippen LogP contribution in [0.5, 0.6) is 0 Å². The molecule has 0 aliphatic carbocycles. The van der Waals surface area contributed by atoms with Crippen molar-refractivity contribution in [3.8, 4) is 0 Å². The van der Waals surface area contributed by atoms with E-state index >= 15 is 0 Å². The summed E-state index contributed by atoms with van der Waals surface area (Å²) in [6.07, 6.45) is 8.10. The first kappa shape index (κ1) is 17.5. The molecule has 1 aliphatic heterocycles. The molecule has 4 rings (SSSR count). The molecule has 1 atom stereocenters. The third-order valence-electron chi connectivity index (χ3n) is 5.40. The van der Waals surface area contributed by atoms with E-state index < -0.39 is 0 Å². The van der Waals surface area contributed by atoms with Crippen LogP contribution in [0, 0.1) is 6.92 Å². The molecule has 0 bridgehead atoms. The lowest BCUT2D eigenvalue weighted by Crippen LogP contribution is -2.49. The number of carbonyl (C=O) groups excluding carboxylic acids is 1. The van der Waals surface area contributed by atoms with E-state index in [0.717, 1.165) is 53.9 Å². The average Bonchev–Trinajstić information content (AvgIpc) is 3.11. The summed E-state index contributed by atoms with van der Waals surface area (Å²) in [4.78, 5) is 29.1. The molecule has 3 aromatic rings. The number of piperidine rings is 1. The Balaban J connectivity index is 1.44. The van der Waals surface area contributed by atoms with Crippen molar-refractivity contribution in [3.63, 3.8) is 0 Å². The summed E-state index contributed by atoms with van der Waals surface area (Å²) in [5.74, 6) is 0.902. The fourth-order valence-corrected chi connectivity index (χ4v) is 3.78. The third-order valence-corrected chi connectivity index (χ3v) is 5.40. The highest BCUT2D eigenvalue weighted by Crippen LogP contribution is 2.22. The Labute approximate surface area is 159 Å². The van der Waals surface area contributed by atoms with Crippen molar-refractivity contribution in [2.45, 2.75) is 32.2 Å². The Morgan fingerprint density at radius 2 is 2.07 bits per heavy atom. The zero-order valence-electron chi connectivity index (χ0n) is 15.9. The fourth-order valence-electron chi connectivity index (χ4n) is 3.78. The van der Waals surface area contributed by atoms with Gasteiger partial charge in [0.1, 0.15) is 0 Å². The third kappa shape index (κ3) is 3.65. The number of nitrogens with one attached hydrogen (secondary N) is 1. The Morgan fingerprint density at radius 1 is 1.30 bits per heavy atom. The molecule has 1 aromatic carbocycles. The van der Waals surface area contributed by atoms with Crippen molar-refractivity contribution in [2.24, 2.45) is 0 Å². The maximum atomic E-state index is 12.9. The summed E-state index contributed by atoms with van der Waals surface area (Å²) in [6, 6.07) is 8.36. The van der Waals surface area contributed by atoms with Crippen molar-refractivity contribution in [1.82, 2.24) is 19.9 Å². The maximum Gasteiger partial charge on any atom is 0.227 e. The predicted molar refractivity (Wildman–Crippen MR) is 107 cm³/mol. The Morgan fingerprint density at radius 3 is 2.89 bits per heavy atom. The van der Waals surface area contributed by atoms with Gasteiger partial charge in [0.2, 0.25) is 11.9 Å². The van der Waals surface area contributed by atoms with Gasteiger partial charge in [-0.25, -0.2) is 9.97 Å². The minimum atomic E-state index is 0.183. The normalized spacial score (nSPS) is 17.3. The van der Waals surface area contributed by atoms with Gasteiger partial charge in [0.15, 0.2) is 0 Å². The molecule has 1 N–H and O–H groups in total. The topological polar surface area (TPSA) is 65.1 Å². The second-order valence-electron chi connectivity index (χ2n) is 7.34. The van der Waals surface area contributed by atoms with Crippen molar-refractivity contribution in [2.75, 3.05) is 25.0 Å². The van der Waals surface area contributed by atoms with E-state index in [1.807, 2.05) is 55.7 Å². The van der Waals surface area contributed by atoms with E-state index in [4.69, 9.17) is 0 Å². The summed E-state index contributed by atoms with van der Waals surface area (Å²) in [6.45, 7) is 3.52. The monoisotopic (exact) mass is 363 g/mol. The number of amides is 1. The lowest BCUT2D eigenvalue weighted by atomic mass is 10.0. The van der Waals surface area contributed by atoms with Crippen molar-refractivity contribution < 1.29 is 4.79 Å². The zero-order valence-corrected chi connectivity index (χ0v) is 15.9. The highest BCUT2D eigenvalue weighted by Gasteiger charge is 2.27. The number of H-pyrrole nitrogens is 1. The van der Waals surface area contributed by atoms with Crippen LogP contribution in [0.4, 0.5) is 5.95 Å². The molecule has 1 amide bonds. The Bertz CT molecular complexity index is 933. The summed E-state index contributed by atoms with van der Waals surface area (Å²) in [7, 11) is 2.02. The molecule has 1 fully saturated rings. The van der Waals surface area contributed by atoms with E-state index in [0.29, 0.717) is 6.42 Å². The number of anilines is 1. The van der Waals surface area contributed by atoms with Gasteiger partial charge in [-0.2, -0.15) is 0 Å². The van der Waals surface area contributed by atoms with Crippen LogP contribution in [0.1, 0.15) is 24.0 Å². The van der Waals surface area contributed by atoms with Crippen LogP contribution >= 0.6 is 0 Å². The number of aryl methyl sites for hydroxylation is 1. The number of para-hydroxylation sites is 1. The second kappa shape index (κ2) is 7.39. The first-order chi connectivity index (χ1) is 13.1. The van der Waals surface area contributed by atoms with Crippen LogP contribution in [0.2, 0.25) is 0 Å². The van der Waals surface area contributed by atoms with Crippen LogP contribution in [-0.2, 0) is 11.2 Å². The molecule has 0 saturated carbocycles. The van der Waals surface area contributed by atoms with Crippen LogP contribution in [0.15, 0.2) is 42.9 Å². The maximum absolute atomic E-state index is 12.9. The first-order valence-corrected chi connectivity index (χ1v) is 9.46. The number of aromatic nitrogens is 3. The average molecular weight is 363 g/mol. The predicted octanol–water partition coefficient (Wildman–Crippen LogP) is 2.94. The van der Waals surface area contributed by atoms with Gasteiger partial charge in [0, 0.05) is 55.7 Å². The lowest BCUT2D eigenvalue weighted by Gasteiger charge is -2.37. The number of hydrogen-bond donors (Lipinski definition) is 1. The van der Waals surface area contributed by atoms with Crippen LogP contribution in [0.3, 0.4) is 0 Å². The number of fused-ring (bicyclic) bond motifs is 1. The summed E-state index contributed by atoms with van der Waals surface area (Å²) in [5, 5.41) is 1.13. The lowest BCUT2D eigenvalue weighted by molar-refractivity contribution is -0.131. The molecule has 2 aromatic heterocycles. The Kier molecular flexibility index (Phi) is 4.79. The molecular weight excluding hydrogens is 338 g/mol. The molecule has 1 saturated heterocycles. The Hall–Kier alpha value is -2.89. The molecule has 27 heavy (non-hydrogen) atoms. The van der Waals surface area contributed by atoms with Gasteiger partial charge in [-0.3, -0.25) is 4.79 Å². The SMILES string of the molecule is Cc1cnc(N(C)C2CCCN(C(=O)Cc3c[nH]c4ccccc34)C2)nc1. The van der Waals surface area contributed by atoms with E-state index in [9.17, 15) is 4.79 Å². The number of likely N-dealkylation sites (N-methyl/N-ethyl adjacent to an activating group) is 1.